The third-order valence-corrected chi connectivity index (χ3v) is 12.7. The van der Waals surface area contributed by atoms with Crippen molar-refractivity contribution in [1.82, 2.24) is 0 Å². The van der Waals surface area contributed by atoms with E-state index in [2.05, 4.69) is 32.9 Å². The van der Waals surface area contributed by atoms with Crippen LogP contribution in [0.25, 0.3) is 0 Å². The summed E-state index contributed by atoms with van der Waals surface area (Å²) in [5, 5.41) is 8.89. The first kappa shape index (κ1) is 50.4. The maximum Gasteiger partial charge on any atom is 0.306 e. The molecule has 0 rings (SSSR count). The Morgan fingerprint density at radius 3 is 1.35 bits per heavy atom. The standard InChI is InChI=1S/C45H86O4S2/c1-4-7-10-13-16-18-20-22-24-27-30-33-36-42(35-32-29-26-15-12-9-6-3)43(49-45(48)39-41-51-50-40-38-44(46)47)37-34-31-28-25-23-21-19-17-14-11-8-5-2/h26,29,42-43H,4-25,27-28,30-41H2,1-3H3,(H,46,47)/b29-26-. The van der Waals surface area contributed by atoms with Gasteiger partial charge in [0.1, 0.15) is 6.10 Å². The van der Waals surface area contributed by atoms with Crippen LogP contribution in [0, 0.1) is 5.92 Å². The lowest BCUT2D eigenvalue weighted by Gasteiger charge is -2.27. The second kappa shape index (κ2) is 42.1. The maximum atomic E-state index is 13.1. The summed E-state index contributed by atoms with van der Waals surface area (Å²) in [4.78, 5) is 23.9. The molecule has 0 aromatic heterocycles. The van der Waals surface area contributed by atoms with Crippen molar-refractivity contribution >= 4 is 33.5 Å². The molecule has 0 radical (unpaired) electrons. The molecule has 0 saturated carbocycles. The number of rotatable bonds is 42. The Morgan fingerprint density at radius 1 is 0.490 bits per heavy atom. The van der Waals surface area contributed by atoms with Gasteiger partial charge in [-0.15, -0.1) is 0 Å². The van der Waals surface area contributed by atoms with Crippen LogP contribution < -0.4 is 0 Å². The molecule has 0 aliphatic heterocycles. The normalized spacial score (nSPS) is 12.8. The molecule has 0 saturated heterocycles. The van der Waals surface area contributed by atoms with Gasteiger partial charge in [-0.2, -0.15) is 0 Å². The number of carboxylic acids is 1. The quantitative estimate of drug-likeness (QED) is 0.0290. The van der Waals surface area contributed by atoms with Crippen LogP contribution in [0.15, 0.2) is 12.2 Å². The number of esters is 1. The minimum Gasteiger partial charge on any atom is -0.481 e. The average molecular weight is 755 g/mol. The highest BCUT2D eigenvalue weighted by atomic mass is 33.1. The molecular weight excluding hydrogens is 669 g/mol. The molecule has 2 unspecified atom stereocenters. The summed E-state index contributed by atoms with van der Waals surface area (Å²) in [7, 11) is 3.14. The summed E-state index contributed by atoms with van der Waals surface area (Å²) in [5.41, 5.74) is 0. The number of carboxylic acid groups (broad SMARTS) is 1. The van der Waals surface area contributed by atoms with E-state index in [0.29, 0.717) is 23.8 Å². The molecule has 0 aromatic rings. The van der Waals surface area contributed by atoms with Crippen molar-refractivity contribution in [3.63, 3.8) is 0 Å². The molecule has 0 bridgehead atoms. The lowest BCUT2D eigenvalue weighted by Crippen LogP contribution is -2.27. The van der Waals surface area contributed by atoms with E-state index in [4.69, 9.17) is 9.84 Å². The molecule has 1 N–H and O–H groups in total. The molecular formula is C45H86O4S2. The summed E-state index contributed by atoms with van der Waals surface area (Å²) in [6.45, 7) is 6.84. The lowest BCUT2D eigenvalue weighted by molar-refractivity contribution is -0.152. The fourth-order valence-electron chi connectivity index (χ4n) is 7.00. The van der Waals surface area contributed by atoms with Gasteiger partial charge in [0.25, 0.3) is 0 Å². The van der Waals surface area contributed by atoms with Crippen LogP contribution in [-0.4, -0.2) is 34.7 Å². The first-order chi connectivity index (χ1) is 25.0. The third-order valence-electron chi connectivity index (χ3n) is 10.3. The molecule has 302 valence electrons. The van der Waals surface area contributed by atoms with E-state index in [-0.39, 0.29) is 18.5 Å². The molecule has 0 aromatic carbocycles. The zero-order chi connectivity index (χ0) is 37.3. The van der Waals surface area contributed by atoms with Crippen molar-refractivity contribution in [2.24, 2.45) is 5.92 Å². The second-order valence-corrected chi connectivity index (χ2v) is 17.9. The van der Waals surface area contributed by atoms with Gasteiger partial charge in [0.05, 0.1) is 12.8 Å². The van der Waals surface area contributed by atoms with Crippen LogP contribution >= 0.6 is 21.6 Å². The first-order valence-electron chi connectivity index (χ1n) is 22.4. The molecule has 0 aliphatic rings. The van der Waals surface area contributed by atoms with Crippen LogP contribution in [0.3, 0.4) is 0 Å². The molecule has 2 atom stereocenters. The number of ether oxygens (including phenoxy) is 1. The average Bonchev–Trinajstić information content (AvgIpc) is 3.12. The van der Waals surface area contributed by atoms with E-state index in [9.17, 15) is 9.59 Å². The number of aliphatic carboxylic acids is 1. The number of carbonyl (C=O) groups is 2. The molecule has 0 amide bonds. The Bertz CT molecular complexity index is 758. The van der Waals surface area contributed by atoms with Gasteiger partial charge >= 0.3 is 11.9 Å². The van der Waals surface area contributed by atoms with Gasteiger partial charge in [-0.1, -0.05) is 215 Å². The monoisotopic (exact) mass is 755 g/mol. The van der Waals surface area contributed by atoms with Gasteiger partial charge in [-0.25, -0.2) is 0 Å². The molecule has 0 aliphatic carbocycles. The number of hydrogen-bond donors (Lipinski definition) is 1. The zero-order valence-corrected chi connectivity index (χ0v) is 35.9. The van der Waals surface area contributed by atoms with Crippen molar-refractivity contribution in [1.29, 1.82) is 0 Å². The highest BCUT2D eigenvalue weighted by molar-refractivity contribution is 8.76. The van der Waals surface area contributed by atoms with Crippen molar-refractivity contribution in [2.45, 2.75) is 245 Å². The Morgan fingerprint density at radius 2 is 0.882 bits per heavy atom. The van der Waals surface area contributed by atoms with Gasteiger partial charge in [-0.3, -0.25) is 9.59 Å². The van der Waals surface area contributed by atoms with Crippen molar-refractivity contribution in [2.75, 3.05) is 11.5 Å². The van der Waals surface area contributed by atoms with E-state index >= 15 is 0 Å². The van der Waals surface area contributed by atoms with Crippen molar-refractivity contribution in [3.05, 3.63) is 12.2 Å². The minimum atomic E-state index is -0.766. The van der Waals surface area contributed by atoms with Crippen molar-refractivity contribution in [3.8, 4) is 0 Å². The topological polar surface area (TPSA) is 63.6 Å². The minimum absolute atomic E-state index is 0.0199. The Labute approximate surface area is 326 Å². The first-order valence-corrected chi connectivity index (χ1v) is 24.8. The zero-order valence-electron chi connectivity index (χ0n) is 34.3. The summed E-state index contributed by atoms with van der Waals surface area (Å²) in [6, 6.07) is 0. The van der Waals surface area contributed by atoms with Crippen LogP contribution in [0.1, 0.15) is 239 Å². The van der Waals surface area contributed by atoms with Gasteiger partial charge in [-0.05, 0) is 50.9 Å². The van der Waals surface area contributed by atoms with Gasteiger partial charge in [0.15, 0.2) is 0 Å². The predicted molar refractivity (Wildman–Crippen MR) is 229 cm³/mol. The molecule has 0 spiro atoms. The van der Waals surface area contributed by atoms with Crippen molar-refractivity contribution < 1.29 is 19.4 Å². The smallest absolute Gasteiger partial charge is 0.306 e. The van der Waals surface area contributed by atoms with Crippen LogP contribution in [0.5, 0.6) is 0 Å². The molecule has 0 heterocycles. The lowest BCUT2D eigenvalue weighted by atomic mass is 9.87. The fourth-order valence-corrected chi connectivity index (χ4v) is 8.95. The molecule has 4 nitrogen and oxygen atoms in total. The Hall–Kier alpha value is -0.620. The molecule has 6 heteroatoms. The van der Waals surface area contributed by atoms with E-state index in [1.807, 2.05) is 0 Å². The summed E-state index contributed by atoms with van der Waals surface area (Å²) >= 11 is 0. The maximum absolute atomic E-state index is 13.1. The number of allylic oxidation sites excluding steroid dienone is 2. The summed E-state index contributed by atoms with van der Waals surface area (Å²) in [6.07, 6.45) is 47.2. The number of unbranched alkanes of at least 4 members (excludes halogenated alkanes) is 25. The molecule has 51 heavy (non-hydrogen) atoms. The van der Waals surface area contributed by atoms with Gasteiger partial charge in [0, 0.05) is 11.5 Å². The largest absolute Gasteiger partial charge is 0.481 e. The Kier molecular flexibility index (Phi) is 41.6. The summed E-state index contributed by atoms with van der Waals surface area (Å²) < 4.78 is 6.35. The summed E-state index contributed by atoms with van der Waals surface area (Å²) in [5.74, 6) is 0.850. The molecule has 0 fully saturated rings. The SMILES string of the molecule is CCCCC/C=C\CCC(CCCCCCCCCCCCCC)C(CCCCCCCCCCCCCC)OC(=O)CCSSCCC(=O)O. The van der Waals surface area contributed by atoms with Gasteiger partial charge in [0.2, 0.25) is 0 Å². The third kappa shape index (κ3) is 38.9. The predicted octanol–water partition coefficient (Wildman–Crippen LogP) is 15.9. The Balaban J connectivity index is 4.95. The van der Waals surface area contributed by atoms with Gasteiger partial charge < -0.3 is 9.84 Å². The van der Waals surface area contributed by atoms with Crippen LogP contribution in [0.4, 0.5) is 0 Å². The van der Waals surface area contributed by atoms with Crippen LogP contribution in [-0.2, 0) is 14.3 Å². The fraction of sp³-hybridized carbons (Fsp3) is 0.911. The van der Waals surface area contributed by atoms with E-state index in [1.54, 1.807) is 21.6 Å². The van der Waals surface area contributed by atoms with E-state index < -0.39 is 5.97 Å². The highest BCUT2D eigenvalue weighted by Crippen LogP contribution is 2.29. The van der Waals surface area contributed by atoms with E-state index in [0.717, 1.165) is 32.1 Å². The van der Waals surface area contributed by atoms with E-state index in [1.165, 1.54) is 173 Å². The van der Waals surface area contributed by atoms with Crippen LogP contribution in [0.2, 0.25) is 0 Å². The number of carbonyl (C=O) groups excluding carboxylic acids is 1. The highest BCUT2D eigenvalue weighted by Gasteiger charge is 2.24. The second-order valence-electron chi connectivity index (χ2n) is 15.2. The number of hydrogen-bond acceptors (Lipinski definition) is 5.